The fourth-order valence-corrected chi connectivity index (χ4v) is 5.26. The summed E-state index contributed by atoms with van der Waals surface area (Å²) >= 11 is 6.91. The zero-order valence-corrected chi connectivity index (χ0v) is 28.7. The first-order chi connectivity index (χ1) is 22.1. The number of nitrogens with zero attached hydrogens (tertiary/aromatic N) is 1. The SMILES string of the molecule is CCOc1cc([C@H]2NC(=O)NC(C)=C2C(=O)OC)ccc1OC[C@@H](O)N/N=C/c1cc(Br)cc(OC)c1OCc1ccc(Br)cc1. The molecule has 0 fully saturated rings. The second kappa shape index (κ2) is 16.3. The van der Waals surface area contributed by atoms with Gasteiger partial charge >= 0.3 is 12.0 Å². The second-order valence-electron chi connectivity index (χ2n) is 9.86. The third-order valence-corrected chi connectivity index (χ3v) is 7.65. The minimum atomic E-state index is -1.19. The molecule has 0 spiro atoms. The van der Waals surface area contributed by atoms with Crippen molar-refractivity contribution in [2.75, 3.05) is 27.4 Å². The zero-order valence-electron chi connectivity index (χ0n) is 25.6. The molecule has 0 radical (unpaired) electrons. The Labute approximate surface area is 283 Å². The van der Waals surface area contributed by atoms with Gasteiger partial charge in [-0.05, 0) is 61.4 Å². The van der Waals surface area contributed by atoms with Crippen molar-refractivity contribution in [2.24, 2.45) is 5.10 Å². The summed E-state index contributed by atoms with van der Waals surface area (Å²) in [5.41, 5.74) is 5.46. The molecule has 4 N–H and O–H groups in total. The van der Waals surface area contributed by atoms with E-state index in [2.05, 4.69) is 53.0 Å². The summed E-state index contributed by atoms with van der Waals surface area (Å²) < 4.78 is 29.9. The fourth-order valence-electron chi connectivity index (χ4n) is 4.54. The van der Waals surface area contributed by atoms with Crippen molar-refractivity contribution in [1.82, 2.24) is 16.1 Å². The summed E-state index contributed by atoms with van der Waals surface area (Å²) in [6.07, 6.45) is 0.321. The highest BCUT2D eigenvalue weighted by atomic mass is 79.9. The quantitative estimate of drug-likeness (QED) is 0.0742. The van der Waals surface area contributed by atoms with Crippen LogP contribution in [-0.2, 0) is 16.1 Å². The molecule has 0 bridgehead atoms. The molecule has 1 aliphatic heterocycles. The van der Waals surface area contributed by atoms with E-state index < -0.39 is 24.3 Å². The lowest BCUT2D eigenvalue weighted by Gasteiger charge is -2.28. The summed E-state index contributed by atoms with van der Waals surface area (Å²) in [7, 11) is 2.82. The van der Waals surface area contributed by atoms with Crippen molar-refractivity contribution in [1.29, 1.82) is 0 Å². The lowest BCUT2D eigenvalue weighted by molar-refractivity contribution is -0.136. The van der Waals surface area contributed by atoms with Crippen LogP contribution < -0.4 is 35.0 Å². The average molecular weight is 762 g/mol. The van der Waals surface area contributed by atoms with E-state index in [4.69, 9.17) is 23.7 Å². The highest BCUT2D eigenvalue weighted by molar-refractivity contribution is 9.10. The molecule has 46 heavy (non-hydrogen) atoms. The molecule has 1 heterocycles. The number of amides is 2. The number of halogens is 2. The molecule has 12 nitrogen and oxygen atoms in total. The smallest absolute Gasteiger partial charge is 0.337 e. The number of aliphatic hydroxyl groups is 1. The Bertz CT molecular complexity index is 1610. The number of hydrazone groups is 1. The molecule has 0 unspecified atom stereocenters. The summed E-state index contributed by atoms with van der Waals surface area (Å²) in [4.78, 5) is 24.7. The van der Waals surface area contributed by atoms with E-state index in [0.29, 0.717) is 53.0 Å². The predicted molar refractivity (Wildman–Crippen MR) is 178 cm³/mol. The second-order valence-corrected chi connectivity index (χ2v) is 11.7. The number of carbonyl (C=O) groups is 2. The maximum absolute atomic E-state index is 12.5. The van der Waals surface area contributed by atoms with Gasteiger partial charge in [0.1, 0.15) is 13.2 Å². The van der Waals surface area contributed by atoms with E-state index in [0.717, 1.165) is 14.5 Å². The Morgan fingerprint density at radius 2 is 1.78 bits per heavy atom. The van der Waals surface area contributed by atoms with Crippen molar-refractivity contribution in [2.45, 2.75) is 32.7 Å². The maximum atomic E-state index is 12.5. The van der Waals surface area contributed by atoms with E-state index in [9.17, 15) is 14.7 Å². The first-order valence-corrected chi connectivity index (χ1v) is 15.7. The molecule has 2 atom stereocenters. The van der Waals surface area contributed by atoms with Gasteiger partial charge in [0.25, 0.3) is 0 Å². The Morgan fingerprint density at radius 1 is 1.02 bits per heavy atom. The van der Waals surface area contributed by atoms with E-state index in [-0.39, 0.29) is 12.2 Å². The highest BCUT2D eigenvalue weighted by Crippen LogP contribution is 2.36. The first kappa shape index (κ1) is 34.6. The van der Waals surface area contributed by atoms with Gasteiger partial charge < -0.3 is 39.4 Å². The topological polar surface area (TPSA) is 149 Å². The lowest BCUT2D eigenvalue weighted by Crippen LogP contribution is -2.45. The molecule has 3 aromatic carbocycles. The first-order valence-electron chi connectivity index (χ1n) is 14.1. The third-order valence-electron chi connectivity index (χ3n) is 6.66. The van der Waals surface area contributed by atoms with Crippen LogP contribution in [-0.4, -0.2) is 57.0 Å². The number of hydrogen-bond acceptors (Lipinski definition) is 10. The fraction of sp³-hybridized carbons (Fsp3) is 0.281. The molecule has 4 rings (SSSR count). The van der Waals surface area contributed by atoms with Crippen LogP contribution in [0, 0.1) is 0 Å². The molecule has 244 valence electrons. The van der Waals surface area contributed by atoms with Crippen molar-refractivity contribution < 1.29 is 38.4 Å². The summed E-state index contributed by atoms with van der Waals surface area (Å²) in [5, 5.41) is 20.1. The predicted octanol–water partition coefficient (Wildman–Crippen LogP) is 5.32. The number of carbonyl (C=O) groups excluding carboxylic acids is 2. The normalized spacial score (nSPS) is 15.1. The average Bonchev–Trinajstić information content (AvgIpc) is 3.03. The van der Waals surface area contributed by atoms with E-state index >= 15 is 0 Å². The number of allylic oxidation sites excluding steroid dienone is 1. The Morgan fingerprint density at radius 3 is 2.48 bits per heavy atom. The van der Waals surface area contributed by atoms with Crippen LogP contribution in [0.3, 0.4) is 0 Å². The number of esters is 1. The van der Waals surface area contributed by atoms with Gasteiger partial charge in [-0.2, -0.15) is 5.10 Å². The Kier molecular flexibility index (Phi) is 12.3. The maximum Gasteiger partial charge on any atom is 0.337 e. The van der Waals surface area contributed by atoms with Gasteiger partial charge in [0.15, 0.2) is 29.2 Å². The molecule has 2 amide bonds. The molecule has 3 aromatic rings. The zero-order chi connectivity index (χ0) is 33.2. The number of rotatable bonds is 14. The molecule has 1 aliphatic rings. The van der Waals surface area contributed by atoms with Crippen LogP contribution >= 0.6 is 31.9 Å². The van der Waals surface area contributed by atoms with Gasteiger partial charge in [-0.1, -0.05) is 50.1 Å². The Balaban J connectivity index is 1.44. The van der Waals surface area contributed by atoms with E-state index in [1.54, 1.807) is 38.3 Å². The molecule has 0 saturated carbocycles. The summed E-state index contributed by atoms with van der Waals surface area (Å²) in [6, 6.07) is 15.2. The van der Waals surface area contributed by atoms with E-state index in [1.165, 1.54) is 13.3 Å². The van der Waals surface area contributed by atoms with Crippen LogP contribution in [0.25, 0.3) is 0 Å². The molecule has 0 saturated heterocycles. The van der Waals surface area contributed by atoms with Gasteiger partial charge in [-0.3, -0.25) is 5.43 Å². The number of methoxy groups -OCH3 is 2. The molecular formula is C32H34Br2N4O8. The molecule has 0 aliphatic carbocycles. The highest BCUT2D eigenvalue weighted by Gasteiger charge is 2.32. The van der Waals surface area contributed by atoms with Gasteiger partial charge in [-0.15, -0.1) is 0 Å². The van der Waals surface area contributed by atoms with Crippen molar-refractivity contribution >= 4 is 50.1 Å². The molecular weight excluding hydrogens is 728 g/mol. The van der Waals surface area contributed by atoms with Crippen LogP contribution in [0.2, 0.25) is 0 Å². The number of benzene rings is 3. The monoisotopic (exact) mass is 760 g/mol. The van der Waals surface area contributed by atoms with Crippen LogP contribution in [0.1, 0.15) is 36.6 Å². The lowest BCUT2D eigenvalue weighted by atomic mass is 9.95. The van der Waals surface area contributed by atoms with Gasteiger partial charge in [0.05, 0.1) is 38.7 Å². The minimum Gasteiger partial charge on any atom is -0.493 e. The molecule has 0 aromatic heterocycles. The number of urea groups is 1. The summed E-state index contributed by atoms with van der Waals surface area (Å²) in [6.45, 7) is 3.89. The van der Waals surface area contributed by atoms with E-state index in [1.807, 2.05) is 37.3 Å². The Hall–Kier alpha value is -4.27. The van der Waals surface area contributed by atoms with Crippen LogP contribution in [0.4, 0.5) is 4.79 Å². The largest absolute Gasteiger partial charge is 0.493 e. The number of ether oxygens (including phenoxy) is 5. The van der Waals surface area contributed by atoms with Crippen LogP contribution in [0.5, 0.6) is 23.0 Å². The van der Waals surface area contributed by atoms with Gasteiger partial charge in [0.2, 0.25) is 0 Å². The van der Waals surface area contributed by atoms with Crippen molar-refractivity contribution in [3.63, 3.8) is 0 Å². The number of hydrogen-bond donors (Lipinski definition) is 4. The molecule has 14 heteroatoms. The van der Waals surface area contributed by atoms with Gasteiger partial charge in [0, 0.05) is 20.2 Å². The minimum absolute atomic E-state index is 0.179. The number of aliphatic hydroxyl groups excluding tert-OH is 1. The van der Waals surface area contributed by atoms with Crippen molar-refractivity contribution in [3.05, 3.63) is 91.5 Å². The summed E-state index contributed by atoms with van der Waals surface area (Å²) in [5.74, 6) is 1.12. The van der Waals surface area contributed by atoms with Crippen LogP contribution in [0.15, 0.2) is 79.9 Å². The standard InChI is InChI=1S/C32H34Br2N4O8/c1-5-44-25-13-20(29-28(31(40)43-4)18(2)36-32(41)37-29)8-11-24(25)45-17-27(39)38-35-15-21-12-23(34)14-26(42-3)30(21)46-16-19-6-9-22(33)10-7-19/h6-15,27,29,38-39H,5,16-17H2,1-4H3,(H2,36,37,41)/b35-15+/t27-,29-/m1/s1. The third kappa shape index (κ3) is 8.92. The number of nitrogens with one attached hydrogen (secondary N) is 3. The van der Waals surface area contributed by atoms with Crippen molar-refractivity contribution in [3.8, 4) is 23.0 Å². The van der Waals surface area contributed by atoms with Gasteiger partial charge in [-0.25, -0.2) is 9.59 Å².